The maximum atomic E-state index is 11.6. The summed E-state index contributed by atoms with van der Waals surface area (Å²) in [5.74, 6) is -1.01. The van der Waals surface area contributed by atoms with Crippen LogP contribution >= 0.6 is 0 Å². The minimum absolute atomic E-state index is 0.0125. The number of carboxylic acid groups (broad SMARTS) is 1. The van der Waals surface area contributed by atoms with Crippen molar-refractivity contribution in [3.05, 3.63) is 53.1 Å². The van der Waals surface area contributed by atoms with Crippen molar-refractivity contribution >= 4 is 17.6 Å². The van der Waals surface area contributed by atoms with Crippen LogP contribution in [0.25, 0.3) is 11.6 Å². The van der Waals surface area contributed by atoms with Crippen molar-refractivity contribution < 1.29 is 24.9 Å². The Bertz CT molecular complexity index is 747. The van der Waals surface area contributed by atoms with Gasteiger partial charge in [0.25, 0.3) is 0 Å². The van der Waals surface area contributed by atoms with Crippen LogP contribution in [0, 0.1) is 6.92 Å². The molecule has 5 nitrogen and oxygen atoms in total. The average Bonchev–Trinajstić information content (AvgIpc) is 2.46. The molecule has 0 aliphatic carbocycles. The molecule has 0 amide bonds. The Morgan fingerprint density at radius 2 is 1.86 bits per heavy atom. The summed E-state index contributed by atoms with van der Waals surface area (Å²) >= 11 is 0. The van der Waals surface area contributed by atoms with Crippen LogP contribution in [0.5, 0.6) is 17.2 Å². The zero-order chi connectivity index (χ0) is 16.3. The van der Waals surface area contributed by atoms with Crippen LogP contribution in [-0.4, -0.2) is 28.4 Å². The molecule has 0 fully saturated rings. The molecule has 0 saturated heterocycles. The minimum Gasteiger partial charge on any atom is -0.508 e. The normalized spacial score (nSPS) is 11.3. The molecule has 0 heterocycles. The summed E-state index contributed by atoms with van der Waals surface area (Å²) < 4.78 is 5.21. The molecule has 2 aromatic carbocycles. The molecule has 0 spiro atoms. The molecule has 0 aromatic heterocycles. The first-order valence-electron chi connectivity index (χ1n) is 6.54. The van der Waals surface area contributed by atoms with Crippen LogP contribution < -0.4 is 4.74 Å². The lowest BCUT2D eigenvalue weighted by Gasteiger charge is -2.11. The largest absolute Gasteiger partial charge is 0.508 e. The molecule has 0 unspecified atom stereocenters. The second kappa shape index (κ2) is 6.22. The van der Waals surface area contributed by atoms with E-state index in [1.807, 2.05) is 13.0 Å². The van der Waals surface area contributed by atoms with Crippen LogP contribution in [0.4, 0.5) is 0 Å². The molecular formula is C17H16O5. The molecule has 2 aromatic rings. The van der Waals surface area contributed by atoms with E-state index < -0.39 is 5.97 Å². The van der Waals surface area contributed by atoms with Gasteiger partial charge < -0.3 is 20.1 Å². The summed E-state index contributed by atoms with van der Waals surface area (Å²) in [5.41, 5.74) is 1.58. The smallest absolute Gasteiger partial charge is 0.336 e. The lowest BCUT2D eigenvalue weighted by atomic mass is 9.99. The third kappa shape index (κ3) is 3.20. The first-order chi connectivity index (χ1) is 10.4. The van der Waals surface area contributed by atoms with E-state index in [9.17, 15) is 20.1 Å². The fraction of sp³-hybridized carbons (Fsp3) is 0.118. The number of rotatable bonds is 4. The minimum atomic E-state index is -1.14. The van der Waals surface area contributed by atoms with Gasteiger partial charge in [0.15, 0.2) is 0 Å². The fourth-order valence-electron chi connectivity index (χ4n) is 2.10. The molecular weight excluding hydrogens is 284 g/mol. The standard InChI is InChI=1S/C17H16O5/c1-10-3-6-16(22-2)13(7-10)14(17(20)21)8-11-4-5-12(18)9-15(11)19/h3-9,18-19H,1-2H3,(H,20,21)/b14-8-. The molecule has 5 heteroatoms. The number of carboxylic acids is 1. The Labute approximate surface area is 127 Å². The van der Waals surface area contributed by atoms with E-state index >= 15 is 0 Å². The second-order valence-electron chi connectivity index (χ2n) is 4.81. The predicted octanol–water partition coefficient (Wildman–Crippen LogP) is 3.04. The van der Waals surface area contributed by atoms with Gasteiger partial charge in [-0.15, -0.1) is 0 Å². The maximum absolute atomic E-state index is 11.6. The van der Waals surface area contributed by atoms with E-state index in [0.717, 1.165) is 11.6 Å². The van der Waals surface area contributed by atoms with Gasteiger partial charge in [-0.3, -0.25) is 0 Å². The highest BCUT2D eigenvalue weighted by atomic mass is 16.5. The zero-order valence-corrected chi connectivity index (χ0v) is 12.2. The van der Waals surface area contributed by atoms with Crippen molar-refractivity contribution in [1.82, 2.24) is 0 Å². The Balaban J connectivity index is 2.63. The van der Waals surface area contributed by atoms with Crippen LogP contribution in [0.1, 0.15) is 16.7 Å². The lowest BCUT2D eigenvalue weighted by molar-refractivity contribution is -0.130. The average molecular weight is 300 g/mol. The topological polar surface area (TPSA) is 87.0 Å². The Kier molecular flexibility index (Phi) is 4.36. The van der Waals surface area contributed by atoms with E-state index in [1.165, 1.54) is 25.3 Å². The zero-order valence-electron chi connectivity index (χ0n) is 12.2. The van der Waals surface area contributed by atoms with Gasteiger partial charge in [-0.05, 0) is 37.3 Å². The molecule has 0 saturated carbocycles. The molecule has 0 bridgehead atoms. The van der Waals surface area contributed by atoms with Gasteiger partial charge in [-0.2, -0.15) is 0 Å². The van der Waals surface area contributed by atoms with Gasteiger partial charge >= 0.3 is 5.97 Å². The number of aryl methyl sites for hydroxylation is 1. The lowest BCUT2D eigenvalue weighted by Crippen LogP contribution is -2.02. The second-order valence-corrected chi connectivity index (χ2v) is 4.81. The fourth-order valence-corrected chi connectivity index (χ4v) is 2.10. The van der Waals surface area contributed by atoms with Gasteiger partial charge in [-0.1, -0.05) is 11.6 Å². The first-order valence-corrected chi connectivity index (χ1v) is 6.54. The monoisotopic (exact) mass is 300 g/mol. The van der Waals surface area contributed by atoms with Crippen molar-refractivity contribution in [2.75, 3.05) is 7.11 Å². The van der Waals surface area contributed by atoms with Crippen molar-refractivity contribution in [3.8, 4) is 17.2 Å². The SMILES string of the molecule is COc1ccc(C)cc1/C(=C/c1ccc(O)cc1O)C(=O)O. The summed E-state index contributed by atoms with van der Waals surface area (Å²) in [6, 6.07) is 9.18. The van der Waals surface area contributed by atoms with Crippen LogP contribution in [-0.2, 0) is 4.79 Å². The maximum Gasteiger partial charge on any atom is 0.336 e. The van der Waals surface area contributed by atoms with Crippen LogP contribution in [0.15, 0.2) is 36.4 Å². The van der Waals surface area contributed by atoms with E-state index in [2.05, 4.69) is 0 Å². The third-order valence-electron chi connectivity index (χ3n) is 3.19. The molecule has 2 rings (SSSR count). The first kappa shape index (κ1) is 15.4. The highest BCUT2D eigenvalue weighted by Crippen LogP contribution is 2.32. The van der Waals surface area contributed by atoms with Gasteiger partial charge in [0.05, 0.1) is 12.7 Å². The molecule has 0 aliphatic rings. The predicted molar refractivity (Wildman–Crippen MR) is 83.0 cm³/mol. The molecule has 22 heavy (non-hydrogen) atoms. The van der Waals surface area contributed by atoms with E-state index in [4.69, 9.17) is 4.74 Å². The summed E-state index contributed by atoms with van der Waals surface area (Å²) in [4.78, 5) is 11.6. The van der Waals surface area contributed by atoms with E-state index in [-0.39, 0.29) is 17.1 Å². The highest BCUT2D eigenvalue weighted by Gasteiger charge is 2.16. The third-order valence-corrected chi connectivity index (χ3v) is 3.19. The van der Waals surface area contributed by atoms with Gasteiger partial charge in [0.2, 0.25) is 0 Å². The molecule has 0 atom stereocenters. The summed E-state index contributed by atoms with van der Waals surface area (Å²) in [5, 5.41) is 28.6. The number of benzene rings is 2. The summed E-state index contributed by atoms with van der Waals surface area (Å²) in [7, 11) is 1.46. The van der Waals surface area contributed by atoms with Crippen LogP contribution in [0.2, 0.25) is 0 Å². The number of phenols is 2. The number of hydrogen-bond donors (Lipinski definition) is 3. The number of ether oxygens (including phenoxy) is 1. The Morgan fingerprint density at radius 3 is 2.45 bits per heavy atom. The number of aromatic hydroxyl groups is 2. The van der Waals surface area contributed by atoms with Crippen molar-refractivity contribution in [2.24, 2.45) is 0 Å². The molecule has 3 N–H and O–H groups in total. The molecule has 0 aliphatic heterocycles. The van der Waals surface area contributed by atoms with Crippen LogP contribution in [0.3, 0.4) is 0 Å². The number of hydrogen-bond acceptors (Lipinski definition) is 4. The number of phenolic OH excluding ortho intramolecular Hbond substituents is 2. The van der Waals surface area contributed by atoms with Gasteiger partial charge in [0, 0.05) is 17.2 Å². The van der Waals surface area contributed by atoms with Gasteiger partial charge in [0.1, 0.15) is 17.2 Å². The highest BCUT2D eigenvalue weighted by molar-refractivity contribution is 6.21. The van der Waals surface area contributed by atoms with E-state index in [1.54, 1.807) is 12.1 Å². The Morgan fingerprint density at radius 1 is 1.14 bits per heavy atom. The Hall–Kier alpha value is -2.95. The molecule has 114 valence electrons. The van der Waals surface area contributed by atoms with Crippen molar-refractivity contribution in [3.63, 3.8) is 0 Å². The quantitative estimate of drug-likeness (QED) is 0.597. The summed E-state index contributed by atoms with van der Waals surface area (Å²) in [6.07, 6.45) is 1.34. The number of aliphatic carboxylic acids is 1. The molecule has 0 radical (unpaired) electrons. The summed E-state index contributed by atoms with van der Waals surface area (Å²) in [6.45, 7) is 1.85. The van der Waals surface area contributed by atoms with Crippen molar-refractivity contribution in [1.29, 1.82) is 0 Å². The number of methoxy groups -OCH3 is 1. The van der Waals surface area contributed by atoms with Gasteiger partial charge in [-0.25, -0.2) is 4.79 Å². The van der Waals surface area contributed by atoms with Crippen molar-refractivity contribution in [2.45, 2.75) is 6.92 Å². The van der Waals surface area contributed by atoms with E-state index in [0.29, 0.717) is 16.9 Å². The number of carbonyl (C=O) groups is 1.